The van der Waals surface area contributed by atoms with Crippen LogP contribution in [0.3, 0.4) is 0 Å². The molecule has 0 saturated heterocycles. The second-order valence-electron chi connectivity index (χ2n) is 4.49. The van der Waals surface area contributed by atoms with Gasteiger partial charge in [0.25, 0.3) is 0 Å². The number of ketones is 1. The third-order valence-corrected chi connectivity index (χ3v) is 4.05. The van der Waals surface area contributed by atoms with Crippen molar-refractivity contribution in [2.45, 2.75) is 4.90 Å². The van der Waals surface area contributed by atoms with E-state index in [1.807, 2.05) is 60.7 Å². The fourth-order valence-electron chi connectivity index (χ4n) is 2.03. The monoisotopic (exact) mass is 294 g/mol. The average Bonchev–Trinajstić information content (AvgIpc) is 3.04. The number of hydrogen-bond donors (Lipinski definition) is 0. The molecule has 0 N–H and O–H groups in total. The molecule has 4 heteroatoms. The molecule has 104 valence electrons. The SMILES string of the molecule is O=C(CSc1ccccc1)c1ccnn1-c1ccccc1. The lowest BCUT2D eigenvalue weighted by atomic mass is 10.3. The first-order chi connectivity index (χ1) is 10.3. The number of carbonyl (C=O) groups excluding carboxylic acids is 1. The van der Waals surface area contributed by atoms with Gasteiger partial charge in [0.15, 0.2) is 5.78 Å². The molecule has 3 nitrogen and oxygen atoms in total. The van der Waals surface area contributed by atoms with Gasteiger partial charge < -0.3 is 0 Å². The molecule has 0 amide bonds. The highest BCUT2D eigenvalue weighted by molar-refractivity contribution is 8.00. The maximum absolute atomic E-state index is 12.4. The van der Waals surface area contributed by atoms with Crippen LogP contribution in [0.15, 0.2) is 77.8 Å². The molecule has 0 saturated carbocycles. The van der Waals surface area contributed by atoms with Crippen LogP contribution in [0.25, 0.3) is 5.69 Å². The van der Waals surface area contributed by atoms with E-state index in [2.05, 4.69) is 5.10 Å². The summed E-state index contributed by atoms with van der Waals surface area (Å²) in [6, 6.07) is 21.4. The normalized spacial score (nSPS) is 10.5. The number of carbonyl (C=O) groups is 1. The summed E-state index contributed by atoms with van der Waals surface area (Å²) in [4.78, 5) is 13.5. The predicted octanol–water partition coefficient (Wildman–Crippen LogP) is 3.85. The summed E-state index contributed by atoms with van der Waals surface area (Å²) < 4.78 is 1.69. The van der Waals surface area contributed by atoms with E-state index in [9.17, 15) is 4.79 Å². The first-order valence-corrected chi connectivity index (χ1v) is 7.63. The minimum atomic E-state index is 0.0743. The van der Waals surface area contributed by atoms with Crippen LogP contribution in [0.1, 0.15) is 10.5 Å². The van der Waals surface area contributed by atoms with Crippen molar-refractivity contribution in [3.05, 3.63) is 78.6 Å². The summed E-state index contributed by atoms with van der Waals surface area (Å²) in [7, 11) is 0. The Morgan fingerprint density at radius 1 is 0.952 bits per heavy atom. The number of para-hydroxylation sites is 1. The van der Waals surface area contributed by atoms with Gasteiger partial charge in [-0.05, 0) is 30.3 Å². The average molecular weight is 294 g/mol. The van der Waals surface area contributed by atoms with Crippen LogP contribution in [0.5, 0.6) is 0 Å². The highest BCUT2D eigenvalue weighted by Gasteiger charge is 2.13. The van der Waals surface area contributed by atoms with Crippen LogP contribution in [0.2, 0.25) is 0 Å². The Balaban J connectivity index is 1.76. The highest BCUT2D eigenvalue weighted by Crippen LogP contribution is 2.19. The Morgan fingerprint density at radius 2 is 1.62 bits per heavy atom. The molecular weight excluding hydrogens is 280 g/mol. The number of nitrogens with zero attached hydrogens (tertiary/aromatic N) is 2. The van der Waals surface area contributed by atoms with Gasteiger partial charge in [0.2, 0.25) is 0 Å². The molecule has 0 fully saturated rings. The van der Waals surface area contributed by atoms with Crippen molar-refractivity contribution in [3.63, 3.8) is 0 Å². The highest BCUT2D eigenvalue weighted by atomic mass is 32.2. The van der Waals surface area contributed by atoms with Crippen molar-refractivity contribution in [1.82, 2.24) is 9.78 Å². The predicted molar refractivity (Wildman–Crippen MR) is 85.1 cm³/mol. The van der Waals surface area contributed by atoms with Crippen LogP contribution >= 0.6 is 11.8 Å². The van der Waals surface area contributed by atoms with Gasteiger partial charge >= 0.3 is 0 Å². The molecule has 0 aliphatic rings. The van der Waals surface area contributed by atoms with Crippen molar-refractivity contribution >= 4 is 17.5 Å². The minimum Gasteiger partial charge on any atom is -0.291 e. The second-order valence-corrected chi connectivity index (χ2v) is 5.54. The van der Waals surface area contributed by atoms with E-state index in [4.69, 9.17) is 0 Å². The summed E-state index contributed by atoms with van der Waals surface area (Å²) in [5.74, 6) is 0.480. The fraction of sp³-hybridized carbons (Fsp3) is 0.0588. The lowest BCUT2D eigenvalue weighted by molar-refractivity contribution is 0.101. The molecule has 0 aliphatic heterocycles. The maximum Gasteiger partial charge on any atom is 0.191 e. The van der Waals surface area contributed by atoms with Gasteiger partial charge in [-0.25, -0.2) is 4.68 Å². The molecule has 1 aromatic heterocycles. The number of aromatic nitrogens is 2. The Kier molecular flexibility index (Phi) is 4.17. The quantitative estimate of drug-likeness (QED) is 0.529. The summed E-state index contributed by atoms with van der Waals surface area (Å²) in [5.41, 5.74) is 1.51. The van der Waals surface area contributed by atoms with E-state index in [0.717, 1.165) is 10.6 Å². The fourth-order valence-corrected chi connectivity index (χ4v) is 2.82. The molecule has 0 bridgehead atoms. The third kappa shape index (κ3) is 3.23. The minimum absolute atomic E-state index is 0.0743. The van der Waals surface area contributed by atoms with E-state index in [1.54, 1.807) is 28.7 Å². The summed E-state index contributed by atoms with van der Waals surface area (Å²) >= 11 is 1.54. The molecule has 3 rings (SSSR count). The zero-order chi connectivity index (χ0) is 14.5. The van der Waals surface area contributed by atoms with Gasteiger partial charge in [0.05, 0.1) is 17.6 Å². The molecule has 21 heavy (non-hydrogen) atoms. The molecule has 0 radical (unpaired) electrons. The van der Waals surface area contributed by atoms with Gasteiger partial charge in [-0.15, -0.1) is 11.8 Å². The van der Waals surface area contributed by atoms with Gasteiger partial charge in [0.1, 0.15) is 5.69 Å². The maximum atomic E-state index is 12.4. The molecule has 1 heterocycles. The summed E-state index contributed by atoms with van der Waals surface area (Å²) in [6.07, 6.45) is 1.66. The Hall–Kier alpha value is -2.33. The number of hydrogen-bond acceptors (Lipinski definition) is 3. The van der Waals surface area contributed by atoms with Crippen LogP contribution in [0, 0.1) is 0 Å². The lowest BCUT2D eigenvalue weighted by Gasteiger charge is -2.06. The standard InChI is InChI=1S/C17H14N2OS/c20-17(13-21-15-9-5-2-6-10-15)16-11-12-18-19(16)14-7-3-1-4-8-14/h1-12H,13H2. The van der Waals surface area contributed by atoms with Crippen molar-refractivity contribution < 1.29 is 4.79 Å². The number of Topliss-reactive ketones (excluding diaryl/α,β-unsaturated/α-hetero) is 1. The van der Waals surface area contributed by atoms with Crippen molar-refractivity contribution in [2.24, 2.45) is 0 Å². The first-order valence-electron chi connectivity index (χ1n) is 6.65. The lowest BCUT2D eigenvalue weighted by Crippen LogP contribution is -2.10. The van der Waals surface area contributed by atoms with E-state index in [1.165, 1.54) is 0 Å². The number of rotatable bonds is 5. The molecule has 0 aliphatic carbocycles. The van der Waals surface area contributed by atoms with Crippen molar-refractivity contribution in [3.8, 4) is 5.69 Å². The second kappa shape index (κ2) is 6.41. The van der Waals surface area contributed by atoms with Crippen molar-refractivity contribution in [2.75, 3.05) is 5.75 Å². The van der Waals surface area contributed by atoms with E-state index in [-0.39, 0.29) is 5.78 Å². The largest absolute Gasteiger partial charge is 0.291 e. The molecule has 0 atom stereocenters. The van der Waals surface area contributed by atoms with Crippen molar-refractivity contribution in [1.29, 1.82) is 0 Å². The summed E-state index contributed by atoms with van der Waals surface area (Å²) in [6.45, 7) is 0. The van der Waals surface area contributed by atoms with Crippen LogP contribution in [-0.2, 0) is 0 Å². The van der Waals surface area contributed by atoms with Gasteiger partial charge in [-0.1, -0.05) is 36.4 Å². The number of thioether (sulfide) groups is 1. The van der Waals surface area contributed by atoms with E-state index < -0.39 is 0 Å². The zero-order valence-electron chi connectivity index (χ0n) is 11.3. The van der Waals surface area contributed by atoms with Gasteiger partial charge in [-0.2, -0.15) is 5.10 Å². The van der Waals surface area contributed by atoms with E-state index >= 15 is 0 Å². The molecule has 0 unspecified atom stereocenters. The smallest absolute Gasteiger partial charge is 0.191 e. The van der Waals surface area contributed by atoms with E-state index in [0.29, 0.717) is 11.4 Å². The first kappa shape index (κ1) is 13.6. The zero-order valence-corrected chi connectivity index (χ0v) is 12.2. The number of benzene rings is 2. The van der Waals surface area contributed by atoms with Gasteiger partial charge in [0, 0.05) is 4.90 Å². The van der Waals surface area contributed by atoms with Crippen LogP contribution < -0.4 is 0 Å². The Morgan fingerprint density at radius 3 is 2.33 bits per heavy atom. The van der Waals surface area contributed by atoms with Crippen LogP contribution in [0.4, 0.5) is 0 Å². The molecule has 2 aromatic carbocycles. The molecule has 3 aromatic rings. The summed E-state index contributed by atoms with van der Waals surface area (Å²) in [5, 5.41) is 4.25. The Labute approximate surface area is 127 Å². The third-order valence-electron chi connectivity index (χ3n) is 3.04. The molecular formula is C17H14N2OS. The van der Waals surface area contributed by atoms with Crippen LogP contribution in [-0.4, -0.2) is 21.3 Å². The van der Waals surface area contributed by atoms with Gasteiger partial charge in [-0.3, -0.25) is 4.79 Å². The Bertz CT molecular complexity index is 723. The molecule has 0 spiro atoms. The topological polar surface area (TPSA) is 34.9 Å².